The molecule has 0 unspecified atom stereocenters. The number of nitrogens with one attached hydrogen (secondary N) is 1. The molecule has 29 heavy (non-hydrogen) atoms. The van der Waals surface area contributed by atoms with Crippen molar-refractivity contribution in [2.24, 2.45) is 0 Å². The van der Waals surface area contributed by atoms with E-state index in [1.807, 2.05) is 17.7 Å². The quantitative estimate of drug-likeness (QED) is 0.640. The van der Waals surface area contributed by atoms with Crippen molar-refractivity contribution in [3.05, 3.63) is 36.7 Å². The van der Waals surface area contributed by atoms with Crippen LogP contribution >= 0.6 is 11.8 Å². The predicted octanol–water partition coefficient (Wildman–Crippen LogP) is 3.59. The number of sulfonamides is 1. The third-order valence-corrected chi connectivity index (χ3v) is 8.18. The molecule has 0 spiro atoms. The lowest BCUT2D eigenvalue weighted by Crippen LogP contribution is -2.38. The van der Waals surface area contributed by atoms with Gasteiger partial charge in [0.25, 0.3) is 0 Å². The zero-order chi connectivity index (χ0) is 20.9. The number of thioether (sulfide) groups is 1. The van der Waals surface area contributed by atoms with Gasteiger partial charge in [-0.3, -0.25) is 4.79 Å². The van der Waals surface area contributed by atoms with Gasteiger partial charge in [0.15, 0.2) is 5.16 Å². The van der Waals surface area contributed by atoms with Crippen LogP contribution in [0.15, 0.2) is 46.7 Å². The minimum atomic E-state index is -3.53. The molecule has 0 saturated heterocycles. The number of hydrogen-bond acceptors (Lipinski definition) is 5. The summed E-state index contributed by atoms with van der Waals surface area (Å²) in [6.07, 6.45) is 8.75. The minimum absolute atomic E-state index is 0.0702. The van der Waals surface area contributed by atoms with Gasteiger partial charge in [0.05, 0.1) is 10.6 Å². The largest absolute Gasteiger partial charge is 0.326 e. The molecule has 1 aliphatic carbocycles. The van der Waals surface area contributed by atoms with E-state index in [-0.39, 0.29) is 22.6 Å². The zero-order valence-corrected chi connectivity index (χ0v) is 18.5. The van der Waals surface area contributed by atoms with Crippen LogP contribution in [0.2, 0.25) is 0 Å². The summed E-state index contributed by atoms with van der Waals surface area (Å²) >= 11 is 1.37. The number of aryl methyl sites for hydroxylation is 1. The van der Waals surface area contributed by atoms with Gasteiger partial charge < -0.3 is 9.88 Å². The molecule has 1 saturated carbocycles. The molecule has 1 amide bonds. The average molecular weight is 437 g/mol. The monoisotopic (exact) mass is 436 g/mol. The Morgan fingerprint density at radius 3 is 2.59 bits per heavy atom. The highest BCUT2D eigenvalue weighted by atomic mass is 32.2. The number of rotatable bonds is 8. The van der Waals surface area contributed by atoms with Gasteiger partial charge in [-0.2, -0.15) is 4.31 Å². The van der Waals surface area contributed by atoms with Crippen LogP contribution in [0.25, 0.3) is 0 Å². The third kappa shape index (κ3) is 5.40. The van der Waals surface area contributed by atoms with Crippen LogP contribution in [0.3, 0.4) is 0 Å². The Bertz CT molecular complexity index is 919. The van der Waals surface area contributed by atoms with Crippen LogP contribution < -0.4 is 5.32 Å². The summed E-state index contributed by atoms with van der Waals surface area (Å²) in [4.78, 5) is 16.7. The maximum atomic E-state index is 12.9. The van der Waals surface area contributed by atoms with Crippen molar-refractivity contribution in [1.29, 1.82) is 0 Å². The van der Waals surface area contributed by atoms with E-state index >= 15 is 0 Å². The van der Waals surface area contributed by atoms with Crippen LogP contribution in [-0.2, 0) is 21.4 Å². The van der Waals surface area contributed by atoms with Crippen LogP contribution in [0.1, 0.15) is 39.0 Å². The summed E-state index contributed by atoms with van der Waals surface area (Å²) in [6.45, 7) is 2.82. The molecule has 3 rings (SSSR count). The van der Waals surface area contributed by atoms with E-state index in [0.717, 1.165) is 37.4 Å². The lowest BCUT2D eigenvalue weighted by Gasteiger charge is -2.30. The zero-order valence-electron chi connectivity index (χ0n) is 16.9. The van der Waals surface area contributed by atoms with E-state index in [1.54, 1.807) is 37.5 Å². The van der Waals surface area contributed by atoms with E-state index in [2.05, 4.69) is 10.3 Å². The number of imidazole rings is 1. The molecule has 1 heterocycles. The van der Waals surface area contributed by atoms with E-state index in [0.29, 0.717) is 5.69 Å². The number of hydrogen-bond donors (Lipinski definition) is 1. The molecule has 1 aromatic heterocycles. The second-order valence-electron chi connectivity index (χ2n) is 7.17. The maximum absolute atomic E-state index is 12.9. The summed E-state index contributed by atoms with van der Waals surface area (Å²) in [7, 11) is -1.86. The average Bonchev–Trinajstić information content (AvgIpc) is 3.20. The Labute approximate surface area is 176 Å². The van der Waals surface area contributed by atoms with Crippen LogP contribution in [-0.4, -0.2) is 47.0 Å². The van der Waals surface area contributed by atoms with Crippen molar-refractivity contribution in [3.63, 3.8) is 0 Å². The summed E-state index contributed by atoms with van der Waals surface area (Å²) in [5, 5.41) is 3.61. The first-order chi connectivity index (χ1) is 13.9. The molecule has 0 atom stereocenters. The topological polar surface area (TPSA) is 84.3 Å². The second-order valence-corrected chi connectivity index (χ2v) is 10.1. The van der Waals surface area contributed by atoms with E-state index in [9.17, 15) is 13.2 Å². The first-order valence-corrected chi connectivity index (χ1v) is 12.4. The number of carbonyl (C=O) groups is 1. The van der Waals surface area contributed by atoms with E-state index in [4.69, 9.17) is 0 Å². The maximum Gasteiger partial charge on any atom is 0.243 e. The number of aromatic nitrogens is 2. The minimum Gasteiger partial charge on any atom is -0.326 e. The van der Waals surface area contributed by atoms with Crippen LogP contribution in [0, 0.1) is 0 Å². The van der Waals surface area contributed by atoms with Gasteiger partial charge >= 0.3 is 0 Å². The molecular weight excluding hydrogens is 408 g/mol. The van der Waals surface area contributed by atoms with Gasteiger partial charge in [0, 0.05) is 37.7 Å². The van der Waals surface area contributed by atoms with Crippen LogP contribution in [0.4, 0.5) is 5.69 Å². The number of benzene rings is 1. The molecule has 9 heteroatoms. The highest BCUT2D eigenvalue weighted by molar-refractivity contribution is 7.99. The lowest BCUT2D eigenvalue weighted by molar-refractivity contribution is -0.113. The molecule has 1 aromatic carbocycles. The first kappa shape index (κ1) is 21.9. The van der Waals surface area contributed by atoms with Gasteiger partial charge in [0.2, 0.25) is 15.9 Å². The van der Waals surface area contributed by atoms with E-state index in [1.165, 1.54) is 22.5 Å². The molecule has 1 fully saturated rings. The number of anilines is 1. The molecule has 1 N–H and O–H groups in total. The summed E-state index contributed by atoms with van der Waals surface area (Å²) in [5.41, 5.74) is 0.578. The van der Waals surface area contributed by atoms with Crippen molar-refractivity contribution in [3.8, 4) is 0 Å². The fourth-order valence-electron chi connectivity index (χ4n) is 3.52. The molecule has 158 valence electrons. The Morgan fingerprint density at radius 1 is 1.24 bits per heavy atom. The fraction of sp³-hybridized carbons (Fsp3) is 0.500. The Hall–Kier alpha value is -1.84. The predicted molar refractivity (Wildman–Crippen MR) is 116 cm³/mol. The lowest BCUT2D eigenvalue weighted by atomic mass is 9.96. The van der Waals surface area contributed by atoms with Crippen LogP contribution in [0.5, 0.6) is 0 Å². The number of nitrogens with zero attached hydrogens (tertiary/aromatic N) is 3. The molecule has 2 aromatic rings. The summed E-state index contributed by atoms with van der Waals surface area (Å²) < 4.78 is 29.2. The van der Waals surface area contributed by atoms with Crippen molar-refractivity contribution < 1.29 is 13.2 Å². The summed E-state index contributed by atoms with van der Waals surface area (Å²) in [6, 6.07) is 6.46. The van der Waals surface area contributed by atoms with Gasteiger partial charge in [-0.05, 0) is 44.0 Å². The summed E-state index contributed by atoms with van der Waals surface area (Å²) in [5.74, 6) is 0.0807. The van der Waals surface area contributed by atoms with Crippen molar-refractivity contribution in [2.45, 2.75) is 61.7 Å². The number of amides is 1. The highest BCUT2D eigenvalue weighted by Crippen LogP contribution is 2.27. The molecule has 0 aliphatic heterocycles. The molecule has 7 nitrogen and oxygen atoms in total. The van der Waals surface area contributed by atoms with Gasteiger partial charge in [-0.15, -0.1) is 0 Å². The van der Waals surface area contributed by atoms with Gasteiger partial charge in [0.1, 0.15) is 0 Å². The van der Waals surface area contributed by atoms with Crippen molar-refractivity contribution >= 4 is 33.4 Å². The van der Waals surface area contributed by atoms with Crippen molar-refractivity contribution in [2.75, 3.05) is 18.1 Å². The van der Waals surface area contributed by atoms with Crippen molar-refractivity contribution in [1.82, 2.24) is 13.9 Å². The molecule has 0 radical (unpaired) electrons. The molecular formula is C20H28N4O3S2. The SMILES string of the molecule is CCn1ccnc1SCC(=O)Nc1ccc(S(=O)(=O)N(C)C2CCCCC2)cc1. The Morgan fingerprint density at radius 2 is 1.93 bits per heavy atom. The highest BCUT2D eigenvalue weighted by Gasteiger charge is 2.28. The third-order valence-electron chi connectivity index (χ3n) is 5.25. The van der Waals surface area contributed by atoms with Gasteiger partial charge in [-0.25, -0.2) is 13.4 Å². The number of carbonyl (C=O) groups excluding carboxylic acids is 1. The normalized spacial score (nSPS) is 15.6. The van der Waals surface area contributed by atoms with E-state index < -0.39 is 10.0 Å². The molecule has 0 bridgehead atoms. The molecule has 1 aliphatic rings. The first-order valence-electron chi connectivity index (χ1n) is 9.93. The Balaban J connectivity index is 1.58. The fourth-order valence-corrected chi connectivity index (χ4v) is 5.76. The standard InChI is InChI=1S/C20H28N4O3S2/c1-3-24-14-13-21-20(24)28-15-19(25)22-16-9-11-18(12-10-16)29(26,27)23(2)17-7-5-4-6-8-17/h9-14,17H,3-8,15H2,1-2H3,(H,22,25). The smallest absolute Gasteiger partial charge is 0.243 e. The van der Waals surface area contributed by atoms with Gasteiger partial charge in [-0.1, -0.05) is 31.0 Å². The second kappa shape index (κ2) is 9.77. The Kier molecular flexibility index (Phi) is 7.37.